The lowest BCUT2D eigenvalue weighted by Crippen LogP contribution is -2.33. The highest BCUT2D eigenvalue weighted by Crippen LogP contribution is 2.38. The van der Waals surface area contributed by atoms with Gasteiger partial charge in [0.05, 0.1) is 5.25 Å². The molecule has 1 fully saturated rings. The van der Waals surface area contributed by atoms with Gasteiger partial charge >= 0.3 is 0 Å². The highest BCUT2D eigenvalue weighted by atomic mass is 32.2. The molecule has 5 nitrogen and oxygen atoms in total. The van der Waals surface area contributed by atoms with Crippen LogP contribution in [0.1, 0.15) is 49.9 Å². The van der Waals surface area contributed by atoms with E-state index in [2.05, 4.69) is 39.6 Å². The van der Waals surface area contributed by atoms with Crippen molar-refractivity contribution in [1.29, 1.82) is 0 Å². The first-order chi connectivity index (χ1) is 11.1. The second-order valence-electron chi connectivity index (χ2n) is 6.09. The fourth-order valence-corrected chi connectivity index (χ4v) is 3.11. The van der Waals surface area contributed by atoms with Crippen LogP contribution in [0.25, 0.3) is 0 Å². The minimum Gasteiger partial charge on any atom is -0.355 e. The molecule has 0 aliphatic heterocycles. The lowest BCUT2D eigenvalue weighted by molar-refractivity contribution is -0.120. The Hall–Kier alpha value is -1.82. The number of aromatic amines is 1. The summed E-state index contributed by atoms with van der Waals surface area (Å²) in [6, 6.07) is 10.2. The zero-order valence-corrected chi connectivity index (χ0v) is 14.3. The number of amides is 1. The second kappa shape index (κ2) is 7.17. The molecule has 1 aliphatic rings. The van der Waals surface area contributed by atoms with Gasteiger partial charge in [-0.1, -0.05) is 49.0 Å². The van der Waals surface area contributed by atoms with E-state index < -0.39 is 0 Å². The van der Waals surface area contributed by atoms with E-state index in [0.717, 1.165) is 5.82 Å². The van der Waals surface area contributed by atoms with Crippen molar-refractivity contribution in [1.82, 2.24) is 20.5 Å². The van der Waals surface area contributed by atoms with Crippen LogP contribution >= 0.6 is 11.8 Å². The van der Waals surface area contributed by atoms with Gasteiger partial charge in [-0.25, -0.2) is 4.98 Å². The molecule has 2 unspecified atom stereocenters. The first kappa shape index (κ1) is 16.1. The standard InChI is InChI=1S/C17H22N4OS/c1-11(13-6-4-3-5-7-13)10-18-16(22)12(2)23-17-19-15(20-21-17)14-8-9-14/h3-7,11-12,14H,8-10H2,1-2H3,(H,18,22)(H,19,20,21). The van der Waals surface area contributed by atoms with Crippen molar-refractivity contribution in [2.45, 2.75) is 48.9 Å². The number of hydrogen-bond acceptors (Lipinski definition) is 4. The van der Waals surface area contributed by atoms with Crippen molar-refractivity contribution in [2.75, 3.05) is 6.54 Å². The normalized spacial score (nSPS) is 16.8. The lowest BCUT2D eigenvalue weighted by Gasteiger charge is -2.15. The third kappa shape index (κ3) is 4.34. The molecule has 1 saturated carbocycles. The van der Waals surface area contributed by atoms with Crippen LogP contribution in [-0.2, 0) is 4.79 Å². The molecule has 0 spiro atoms. The van der Waals surface area contributed by atoms with E-state index in [4.69, 9.17) is 0 Å². The number of carbonyl (C=O) groups excluding carboxylic acids is 1. The van der Waals surface area contributed by atoms with Crippen molar-refractivity contribution < 1.29 is 4.79 Å². The number of carbonyl (C=O) groups is 1. The van der Waals surface area contributed by atoms with E-state index in [1.54, 1.807) is 0 Å². The van der Waals surface area contributed by atoms with Gasteiger partial charge in [-0.15, -0.1) is 5.10 Å². The van der Waals surface area contributed by atoms with E-state index in [0.29, 0.717) is 23.5 Å². The Morgan fingerprint density at radius 3 is 2.78 bits per heavy atom. The van der Waals surface area contributed by atoms with Crippen LogP contribution in [-0.4, -0.2) is 32.9 Å². The SMILES string of the molecule is CC(Sc1n[nH]c(C2CC2)n1)C(=O)NCC(C)c1ccccc1. The van der Waals surface area contributed by atoms with Crippen LogP contribution in [0.4, 0.5) is 0 Å². The smallest absolute Gasteiger partial charge is 0.233 e. The van der Waals surface area contributed by atoms with Gasteiger partial charge in [0.25, 0.3) is 0 Å². The molecule has 0 saturated heterocycles. The van der Waals surface area contributed by atoms with Gasteiger partial charge in [-0.2, -0.15) is 0 Å². The highest BCUT2D eigenvalue weighted by molar-refractivity contribution is 8.00. The molecular weight excluding hydrogens is 308 g/mol. The highest BCUT2D eigenvalue weighted by Gasteiger charge is 2.27. The number of thioether (sulfide) groups is 1. The Labute approximate surface area is 140 Å². The molecule has 1 amide bonds. The maximum absolute atomic E-state index is 12.2. The molecule has 1 aromatic heterocycles. The summed E-state index contributed by atoms with van der Waals surface area (Å²) in [5.74, 6) is 1.82. The summed E-state index contributed by atoms with van der Waals surface area (Å²) in [5, 5.41) is 10.6. The van der Waals surface area contributed by atoms with Crippen molar-refractivity contribution >= 4 is 17.7 Å². The molecular formula is C17H22N4OS. The Balaban J connectivity index is 1.47. The number of hydrogen-bond donors (Lipinski definition) is 2. The quantitative estimate of drug-likeness (QED) is 0.765. The monoisotopic (exact) mass is 330 g/mol. The summed E-state index contributed by atoms with van der Waals surface area (Å²) in [5.41, 5.74) is 1.23. The third-order valence-corrected chi connectivity index (χ3v) is 5.01. The van der Waals surface area contributed by atoms with Crippen LogP contribution in [0, 0.1) is 0 Å². The summed E-state index contributed by atoms with van der Waals surface area (Å²) in [4.78, 5) is 16.7. The molecule has 0 bridgehead atoms. The fraction of sp³-hybridized carbons (Fsp3) is 0.471. The van der Waals surface area contributed by atoms with Crippen LogP contribution in [0.2, 0.25) is 0 Å². The molecule has 1 aromatic carbocycles. The van der Waals surface area contributed by atoms with Crippen molar-refractivity contribution in [2.24, 2.45) is 0 Å². The predicted molar refractivity (Wildman–Crippen MR) is 91.5 cm³/mol. The summed E-state index contributed by atoms with van der Waals surface area (Å²) >= 11 is 1.40. The fourth-order valence-electron chi connectivity index (χ4n) is 2.36. The molecule has 2 aromatic rings. The number of benzene rings is 1. The van der Waals surface area contributed by atoms with Crippen LogP contribution in [0.15, 0.2) is 35.5 Å². The van der Waals surface area contributed by atoms with Crippen molar-refractivity contribution in [3.05, 3.63) is 41.7 Å². The first-order valence-corrected chi connectivity index (χ1v) is 8.93. The van der Waals surface area contributed by atoms with Gasteiger partial charge in [0.2, 0.25) is 11.1 Å². The van der Waals surface area contributed by atoms with Crippen LogP contribution in [0.5, 0.6) is 0 Å². The molecule has 0 radical (unpaired) electrons. The number of H-pyrrole nitrogens is 1. The molecule has 2 N–H and O–H groups in total. The van der Waals surface area contributed by atoms with E-state index in [1.165, 1.54) is 30.2 Å². The van der Waals surface area contributed by atoms with Gasteiger partial charge in [0.15, 0.2) is 0 Å². The van der Waals surface area contributed by atoms with Crippen molar-refractivity contribution in [3.8, 4) is 0 Å². The Morgan fingerprint density at radius 1 is 1.35 bits per heavy atom. The predicted octanol–water partition coefficient (Wildman–Crippen LogP) is 3.08. The Kier molecular flexibility index (Phi) is 5.00. The number of rotatable bonds is 7. The summed E-state index contributed by atoms with van der Waals surface area (Å²) in [7, 11) is 0. The molecule has 6 heteroatoms. The lowest BCUT2D eigenvalue weighted by atomic mass is 10.0. The topological polar surface area (TPSA) is 70.7 Å². The van der Waals surface area contributed by atoms with E-state index >= 15 is 0 Å². The van der Waals surface area contributed by atoms with Gasteiger partial charge in [-0.3, -0.25) is 9.89 Å². The molecule has 1 heterocycles. The average Bonchev–Trinajstić information content (AvgIpc) is 3.33. The third-order valence-electron chi connectivity index (χ3n) is 4.05. The maximum atomic E-state index is 12.2. The number of nitrogens with one attached hydrogen (secondary N) is 2. The molecule has 2 atom stereocenters. The zero-order chi connectivity index (χ0) is 16.2. The summed E-state index contributed by atoms with van der Waals surface area (Å²) in [6.07, 6.45) is 2.37. The van der Waals surface area contributed by atoms with Crippen molar-refractivity contribution in [3.63, 3.8) is 0 Å². The number of nitrogens with zero attached hydrogens (tertiary/aromatic N) is 2. The molecule has 3 rings (SSSR count). The van der Waals surface area contributed by atoms with Gasteiger partial charge < -0.3 is 5.32 Å². The maximum Gasteiger partial charge on any atom is 0.233 e. The first-order valence-electron chi connectivity index (χ1n) is 8.05. The average molecular weight is 330 g/mol. The van der Waals surface area contributed by atoms with E-state index in [1.807, 2.05) is 25.1 Å². The number of aromatic nitrogens is 3. The summed E-state index contributed by atoms with van der Waals surface area (Å²) < 4.78 is 0. The minimum atomic E-state index is -0.208. The second-order valence-corrected chi connectivity index (χ2v) is 7.40. The molecule has 122 valence electrons. The minimum absolute atomic E-state index is 0.0237. The summed E-state index contributed by atoms with van der Waals surface area (Å²) in [6.45, 7) is 4.64. The molecule has 23 heavy (non-hydrogen) atoms. The van der Waals surface area contributed by atoms with Crippen LogP contribution < -0.4 is 5.32 Å². The van der Waals surface area contributed by atoms with Crippen LogP contribution in [0.3, 0.4) is 0 Å². The Bertz CT molecular complexity index is 654. The zero-order valence-electron chi connectivity index (χ0n) is 13.5. The van der Waals surface area contributed by atoms with Gasteiger partial charge in [0.1, 0.15) is 5.82 Å². The van der Waals surface area contributed by atoms with E-state index in [9.17, 15) is 4.79 Å². The van der Waals surface area contributed by atoms with Gasteiger partial charge in [-0.05, 0) is 31.2 Å². The Morgan fingerprint density at radius 2 is 2.09 bits per heavy atom. The largest absolute Gasteiger partial charge is 0.355 e. The molecule has 1 aliphatic carbocycles. The van der Waals surface area contributed by atoms with E-state index in [-0.39, 0.29) is 11.2 Å². The van der Waals surface area contributed by atoms with Gasteiger partial charge in [0, 0.05) is 12.5 Å².